The number of hydrogen-bond acceptors (Lipinski definition) is 3. The Morgan fingerprint density at radius 1 is 0.241 bits per heavy atom. The molecule has 0 N–H and O–H groups in total. The minimum Gasteiger partial charge on any atom is -0.246 e. The SMILES string of the molecule is c1ccc(-c2ccc3ccc4ccc(-c5ccc(-c6ccc(-c7nc8c9ccccc9c9ccccc9c8c8ccccc78)cc6)cc5)nc4c3n2)cc1. The van der Waals surface area contributed by atoms with Crippen LogP contribution in [-0.2, 0) is 0 Å². The molecule has 0 aliphatic carbocycles. The first-order chi connectivity index (χ1) is 26.8. The zero-order valence-electron chi connectivity index (χ0n) is 29.2. The highest BCUT2D eigenvalue weighted by Crippen LogP contribution is 2.41. The van der Waals surface area contributed by atoms with Gasteiger partial charge in [-0.15, -0.1) is 0 Å². The monoisotopic (exact) mass is 685 g/mol. The maximum atomic E-state index is 5.45. The summed E-state index contributed by atoms with van der Waals surface area (Å²) in [5, 5.41) is 10.7. The van der Waals surface area contributed by atoms with Crippen molar-refractivity contribution in [2.45, 2.75) is 0 Å². The Hall–Kier alpha value is -7.23. The Balaban J connectivity index is 0.963. The molecule has 0 saturated heterocycles. The van der Waals surface area contributed by atoms with Crippen molar-refractivity contribution in [1.82, 2.24) is 15.0 Å². The fourth-order valence-electron chi connectivity index (χ4n) is 8.16. The summed E-state index contributed by atoms with van der Waals surface area (Å²) in [6.45, 7) is 0. The summed E-state index contributed by atoms with van der Waals surface area (Å²) in [6.07, 6.45) is 0. The van der Waals surface area contributed by atoms with Gasteiger partial charge in [-0.3, -0.25) is 0 Å². The van der Waals surface area contributed by atoms with E-state index in [1.807, 2.05) is 18.2 Å². The standard InChI is InChI=1S/C51H31N3/c1-2-10-34(11-3-1)45-30-28-37-26-27-38-29-31-46(53-50(38)49(37)52-45)35-22-18-32(19-23-35)33-20-24-36(25-21-33)48-44-17-9-7-15-42(44)47-41-14-6-4-12-39(41)40-13-5-8-16-43(40)51(47)54-48/h1-31H. The number of hydrogen-bond donors (Lipinski definition) is 0. The van der Waals surface area contributed by atoms with Gasteiger partial charge in [0.25, 0.3) is 0 Å². The van der Waals surface area contributed by atoms with Crippen molar-refractivity contribution in [2.75, 3.05) is 0 Å². The lowest BCUT2D eigenvalue weighted by Crippen LogP contribution is -1.93. The Bertz CT molecular complexity index is 3240. The van der Waals surface area contributed by atoms with Crippen molar-refractivity contribution < 1.29 is 0 Å². The molecule has 0 radical (unpaired) electrons. The fourth-order valence-corrected chi connectivity index (χ4v) is 8.16. The van der Waals surface area contributed by atoms with E-state index in [0.29, 0.717) is 0 Å². The van der Waals surface area contributed by atoms with E-state index in [-0.39, 0.29) is 0 Å². The van der Waals surface area contributed by atoms with E-state index in [9.17, 15) is 0 Å². The van der Waals surface area contributed by atoms with Crippen LogP contribution < -0.4 is 0 Å². The third-order valence-electron chi connectivity index (χ3n) is 10.8. The lowest BCUT2D eigenvalue weighted by atomic mass is 9.92. The summed E-state index contributed by atoms with van der Waals surface area (Å²) in [5.74, 6) is 0. The van der Waals surface area contributed by atoms with Gasteiger partial charge < -0.3 is 0 Å². The van der Waals surface area contributed by atoms with Crippen LogP contribution in [0.25, 0.3) is 110 Å². The van der Waals surface area contributed by atoms with Crippen molar-refractivity contribution >= 4 is 65.0 Å². The Morgan fingerprint density at radius 3 is 1.24 bits per heavy atom. The van der Waals surface area contributed by atoms with E-state index in [0.717, 1.165) is 77.6 Å². The molecule has 11 rings (SSSR count). The van der Waals surface area contributed by atoms with Gasteiger partial charge in [0.15, 0.2) is 0 Å². The van der Waals surface area contributed by atoms with Crippen LogP contribution in [0.15, 0.2) is 188 Å². The molecule has 0 fully saturated rings. The van der Waals surface area contributed by atoms with Crippen LogP contribution in [0.3, 0.4) is 0 Å². The molecule has 250 valence electrons. The molecule has 0 atom stereocenters. The molecule has 3 nitrogen and oxygen atoms in total. The van der Waals surface area contributed by atoms with E-state index < -0.39 is 0 Å². The van der Waals surface area contributed by atoms with Crippen LogP contribution in [-0.4, -0.2) is 15.0 Å². The van der Waals surface area contributed by atoms with E-state index >= 15 is 0 Å². The fraction of sp³-hybridized carbons (Fsp3) is 0. The van der Waals surface area contributed by atoms with Gasteiger partial charge in [-0.1, -0.05) is 176 Å². The van der Waals surface area contributed by atoms with Gasteiger partial charge in [-0.2, -0.15) is 0 Å². The average molecular weight is 686 g/mol. The van der Waals surface area contributed by atoms with Crippen LogP contribution >= 0.6 is 0 Å². The third kappa shape index (κ3) is 4.87. The van der Waals surface area contributed by atoms with Crippen molar-refractivity contribution in [1.29, 1.82) is 0 Å². The summed E-state index contributed by atoms with van der Waals surface area (Å²) < 4.78 is 0. The lowest BCUT2D eigenvalue weighted by Gasteiger charge is -2.15. The third-order valence-corrected chi connectivity index (χ3v) is 10.8. The molecule has 0 amide bonds. The first kappa shape index (κ1) is 30.4. The quantitative estimate of drug-likeness (QED) is 0.173. The van der Waals surface area contributed by atoms with Gasteiger partial charge >= 0.3 is 0 Å². The van der Waals surface area contributed by atoms with Crippen molar-refractivity contribution in [3.05, 3.63) is 188 Å². The molecule has 11 aromatic rings. The first-order valence-electron chi connectivity index (χ1n) is 18.4. The van der Waals surface area contributed by atoms with Gasteiger partial charge in [0.2, 0.25) is 0 Å². The first-order valence-corrected chi connectivity index (χ1v) is 18.4. The van der Waals surface area contributed by atoms with Crippen LogP contribution in [0.2, 0.25) is 0 Å². The van der Waals surface area contributed by atoms with Crippen LogP contribution in [0, 0.1) is 0 Å². The highest BCUT2D eigenvalue weighted by atomic mass is 14.8. The second-order valence-electron chi connectivity index (χ2n) is 13.9. The maximum absolute atomic E-state index is 5.45. The van der Waals surface area contributed by atoms with Gasteiger partial charge in [0.1, 0.15) is 0 Å². The number of rotatable bonds is 4. The van der Waals surface area contributed by atoms with Crippen molar-refractivity contribution in [2.24, 2.45) is 0 Å². The van der Waals surface area contributed by atoms with Crippen molar-refractivity contribution in [3.8, 4) is 44.9 Å². The predicted molar refractivity (Wildman–Crippen MR) is 227 cm³/mol. The maximum Gasteiger partial charge on any atom is 0.0972 e. The molecule has 0 aliphatic heterocycles. The van der Waals surface area contributed by atoms with Gasteiger partial charge in [0.05, 0.1) is 33.6 Å². The van der Waals surface area contributed by atoms with E-state index in [4.69, 9.17) is 15.0 Å². The van der Waals surface area contributed by atoms with Crippen molar-refractivity contribution in [3.63, 3.8) is 0 Å². The summed E-state index contributed by atoms with van der Waals surface area (Å²) >= 11 is 0. The second kappa shape index (κ2) is 12.2. The summed E-state index contributed by atoms with van der Waals surface area (Å²) in [6, 6.07) is 66.6. The second-order valence-corrected chi connectivity index (χ2v) is 13.9. The highest BCUT2D eigenvalue weighted by Gasteiger charge is 2.16. The molecule has 0 saturated carbocycles. The normalized spacial score (nSPS) is 11.7. The van der Waals surface area contributed by atoms with Gasteiger partial charge in [-0.25, -0.2) is 15.0 Å². The smallest absolute Gasteiger partial charge is 0.0972 e. The molecule has 3 aromatic heterocycles. The van der Waals surface area contributed by atoms with Crippen LogP contribution in [0.5, 0.6) is 0 Å². The predicted octanol–water partition coefficient (Wildman–Crippen LogP) is 13.5. The number of benzene rings is 8. The van der Waals surface area contributed by atoms with Gasteiger partial charge in [-0.05, 0) is 44.8 Å². The van der Waals surface area contributed by atoms with Gasteiger partial charge in [0, 0.05) is 43.6 Å². The molecule has 3 heterocycles. The molecule has 54 heavy (non-hydrogen) atoms. The number of aromatic nitrogens is 3. The minimum atomic E-state index is 0.915. The number of fused-ring (bicyclic) bond motifs is 11. The number of pyridine rings is 3. The van der Waals surface area contributed by atoms with E-state index in [1.165, 1.54) is 32.3 Å². The molecular formula is C51H31N3. The summed E-state index contributed by atoms with van der Waals surface area (Å²) in [4.78, 5) is 15.7. The topological polar surface area (TPSA) is 38.7 Å². The Morgan fingerprint density at radius 2 is 0.648 bits per heavy atom. The molecule has 0 spiro atoms. The van der Waals surface area contributed by atoms with E-state index in [1.54, 1.807) is 0 Å². The lowest BCUT2D eigenvalue weighted by molar-refractivity contribution is 1.36. The summed E-state index contributed by atoms with van der Waals surface area (Å²) in [5.41, 5.74) is 11.3. The average Bonchev–Trinajstić information content (AvgIpc) is 3.26. The Labute approximate surface area is 311 Å². The molecule has 0 bridgehead atoms. The van der Waals surface area contributed by atoms with Crippen LogP contribution in [0.4, 0.5) is 0 Å². The minimum absolute atomic E-state index is 0.915. The van der Waals surface area contributed by atoms with E-state index in [2.05, 4.69) is 170 Å². The summed E-state index contributed by atoms with van der Waals surface area (Å²) in [7, 11) is 0. The molecule has 3 heteroatoms. The molecule has 0 unspecified atom stereocenters. The molecule has 0 aliphatic rings. The zero-order chi connectivity index (χ0) is 35.6. The highest BCUT2D eigenvalue weighted by molar-refractivity contribution is 6.31. The largest absolute Gasteiger partial charge is 0.246 e. The zero-order valence-corrected chi connectivity index (χ0v) is 29.2. The number of nitrogens with zero attached hydrogens (tertiary/aromatic N) is 3. The molecule has 8 aromatic carbocycles. The Kier molecular flexibility index (Phi) is 6.86. The van der Waals surface area contributed by atoms with Crippen LogP contribution in [0.1, 0.15) is 0 Å². The molecular weight excluding hydrogens is 655 g/mol.